The van der Waals surface area contributed by atoms with Crippen LogP contribution in [-0.2, 0) is 28.8 Å². The number of hydrogen-bond donors (Lipinski definition) is 5. The summed E-state index contributed by atoms with van der Waals surface area (Å²) in [4.78, 5) is 65.0. The van der Waals surface area contributed by atoms with Gasteiger partial charge in [-0.15, -0.1) is 20.2 Å². The molecule has 7 atom stereocenters. The van der Waals surface area contributed by atoms with E-state index in [0.717, 1.165) is 0 Å². The summed E-state index contributed by atoms with van der Waals surface area (Å²) in [6, 6.07) is -0.729. The Kier molecular flexibility index (Phi) is 14.4. The molecule has 6 N–H and O–H groups in total. The second-order valence-corrected chi connectivity index (χ2v) is 9.06. The lowest BCUT2D eigenvalue weighted by Gasteiger charge is -2.38. The molecule has 0 aromatic carbocycles. The molecular formula is C21H36N4O13. The average Bonchev–Trinajstić information content (AvgIpc) is 2.84. The highest BCUT2D eigenvalue weighted by Gasteiger charge is 2.42. The van der Waals surface area contributed by atoms with Crippen molar-refractivity contribution in [1.29, 1.82) is 0 Å². The van der Waals surface area contributed by atoms with Gasteiger partial charge in [-0.25, -0.2) is 0 Å². The number of Topliss-reactive ketones (excluding diaryl/α,β-unsaturated/α-hetero) is 1. The number of carbonyl (C=O) groups excluding carboxylic acids is 3. The Balaban J connectivity index is 2.35. The van der Waals surface area contributed by atoms with Crippen LogP contribution in [0.1, 0.15) is 57.8 Å². The lowest BCUT2D eigenvalue weighted by atomic mass is 9.80. The number of primary amides is 1. The van der Waals surface area contributed by atoms with Gasteiger partial charge < -0.3 is 40.8 Å². The van der Waals surface area contributed by atoms with Crippen LogP contribution in [0.4, 0.5) is 0 Å². The Hall–Kier alpha value is -3.15. The van der Waals surface area contributed by atoms with Crippen LogP contribution in [0.2, 0.25) is 0 Å². The number of aliphatic hydroxyl groups is 3. The second kappa shape index (κ2) is 16.6. The topological polar surface area (TPSA) is 264 Å². The van der Waals surface area contributed by atoms with Crippen LogP contribution in [0.5, 0.6) is 0 Å². The molecule has 0 spiro atoms. The van der Waals surface area contributed by atoms with Gasteiger partial charge in [0.15, 0.2) is 0 Å². The van der Waals surface area contributed by atoms with Crippen molar-refractivity contribution < 1.29 is 54.3 Å². The normalized spacial score (nSPS) is 23.5. The first-order valence-corrected chi connectivity index (χ1v) is 12.1. The number of nitrogens with one attached hydrogen (secondary N) is 1. The van der Waals surface area contributed by atoms with Gasteiger partial charge in [0.2, 0.25) is 11.8 Å². The smallest absolute Gasteiger partial charge is 0.294 e. The van der Waals surface area contributed by atoms with E-state index in [0.29, 0.717) is 12.8 Å². The summed E-state index contributed by atoms with van der Waals surface area (Å²) in [6.07, 6.45) is -5.37. The van der Waals surface area contributed by atoms with E-state index in [1.807, 2.05) is 0 Å². The van der Waals surface area contributed by atoms with E-state index in [1.165, 1.54) is 7.11 Å². The SMILES string of the molecule is COC1CCC(NC(=O)CCC(O)C(O)CCC(=O)CCCC(CO[N+](=O)[O-])O[N+](=O)[O-])C(O)C1C(N)=O. The Morgan fingerprint density at radius 2 is 1.66 bits per heavy atom. The zero-order valence-electron chi connectivity index (χ0n) is 21.0. The molecule has 1 fully saturated rings. The molecule has 0 bridgehead atoms. The Labute approximate surface area is 217 Å². The molecule has 0 aromatic rings. The number of aliphatic hydroxyl groups excluding tert-OH is 3. The molecule has 1 aliphatic rings. The van der Waals surface area contributed by atoms with Crippen molar-refractivity contribution in [3.63, 3.8) is 0 Å². The molecule has 1 aliphatic carbocycles. The molecule has 218 valence electrons. The number of ether oxygens (including phenoxy) is 1. The monoisotopic (exact) mass is 552 g/mol. The maximum absolute atomic E-state index is 12.3. The lowest BCUT2D eigenvalue weighted by molar-refractivity contribution is -0.790. The van der Waals surface area contributed by atoms with Crippen molar-refractivity contribution >= 4 is 17.6 Å². The number of amides is 2. The average molecular weight is 553 g/mol. The van der Waals surface area contributed by atoms with E-state index in [2.05, 4.69) is 15.0 Å². The maximum atomic E-state index is 12.3. The van der Waals surface area contributed by atoms with Gasteiger partial charge in [-0.2, -0.15) is 0 Å². The molecular weight excluding hydrogens is 516 g/mol. The van der Waals surface area contributed by atoms with Crippen molar-refractivity contribution in [2.24, 2.45) is 11.7 Å². The van der Waals surface area contributed by atoms with Gasteiger partial charge in [0.1, 0.15) is 18.5 Å². The molecule has 0 radical (unpaired) electrons. The highest BCUT2D eigenvalue weighted by atomic mass is 17.0. The van der Waals surface area contributed by atoms with E-state index in [4.69, 9.17) is 10.5 Å². The molecule has 2 amide bonds. The minimum absolute atomic E-state index is 0.0405. The predicted molar refractivity (Wildman–Crippen MR) is 125 cm³/mol. The zero-order chi connectivity index (χ0) is 28.8. The quantitative estimate of drug-likeness (QED) is 0.0907. The van der Waals surface area contributed by atoms with Gasteiger partial charge in [0.25, 0.3) is 10.2 Å². The molecule has 0 heterocycles. The number of methoxy groups -OCH3 is 1. The summed E-state index contributed by atoms with van der Waals surface area (Å²) in [7, 11) is 1.40. The number of carbonyl (C=O) groups is 3. The zero-order valence-corrected chi connectivity index (χ0v) is 21.0. The molecule has 0 saturated heterocycles. The third-order valence-electron chi connectivity index (χ3n) is 6.33. The first kappa shape index (κ1) is 32.9. The number of nitrogens with zero attached hydrogens (tertiary/aromatic N) is 2. The Bertz CT molecular complexity index is 814. The van der Waals surface area contributed by atoms with Crippen LogP contribution in [0.15, 0.2) is 0 Å². The Morgan fingerprint density at radius 1 is 1.03 bits per heavy atom. The van der Waals surface area contributed by atoms with E-state index in [-0.39, 0.29) is 50.7 Å². The van der Waals surface area contributed by atoms with Gasteiger partial charge in [0, 0.05) is 26.4 Å². The summed E-state index contributed by atoms with van der Waals surface area (Å²) >= 11 is 0. The number of nitrogens with two attached hydrogens (primary N) is 1. The minimum Gasteiger partial charge on any atom is -0.390 e. The number of ketones is 1. The summed E-state index contributed by atoms with van der Waals surface area (Å²) < 4.78 is 5.18. The van der Waals surface area contributed by atoms with Gasteiger partial charge in [-0.05, 0) is 38.5 Å². The van der Waals surface area contributed by atoms with Crippen molar-refractivity contribution in [2.75, 3.05) is 13.7 Å². The van der Waals surface area contributed by atoms with Crippen LogP contribution >= 0.6 is 0 Å². The van der Waals surface area contributed by atoms with E-state index < -0.39 is 71.1 Å². The van der Waals surface area contributed by atoms with Gasteiger partial charge in [-0.1, -0.05) is 0 Å². The van der Waals surface area contributed by atoms with Crippen LogP contribution in [0, 0.1) is 26.1 Å². The lowest BCUT2D eigenvalue weighted by Crippen LogP contribution is -2.57. The molecule has 1 saturated carbocycles. The second-order valence-electron chi connectivity index (χ2n) is 9.06. The predicted octanol–water partition coefficient (Wildman–Crippen LogP) is -1.45. The fraction of sp³-hybridized carbons (Fsp3) is 0.857. The summed E-state index contributed by atoms with van der Waals surface area (Å²) in [5.74, 6) is -2.55. The minimum atomic E-state index is -1.31. The van der Waals surface area contributed by atoms with Crippen molar-refractivity contribution in [2.45, 2.75) is 94.3 Å². The maximum Gasteiger partial charge on any atom is 0.294 e. The number of rotatable bonds is 19. The first-order chi connectivity index (χ1) is 17.8. The molecule has 1 rings (SSSR count). The van der Waals surface area contributed by atoms with Crippen molar-refractivity contribution in [1.82, 2.24) is 5.32 Å². The molecule has 17 heteroatoms. The third kappa shape index (κ3) is 11.9. The third-order valence-corrected chi connectivity index (χ3v) is 6.33. The van der Waals surface area contributed by atoms with Gasteiger partial charge in [-0.3, -0.25) is 14.4 Å². The van der Waals surface area contributed by atoms with Crippen molar-refractivity contribution in [3.05, 3.63) is 20.2 Å². The van der Waals surface area contributed by atoms with Gasteiger partial charge in [0.05, 0.1) is 36.4 Å². The van der Waals surface area contributed by atoms with Crippen LogP contribution in [0.25, 0.3) is 0 Å². The fourth-order valence-electron chi connectivity index (χ4n) is 4.27. The first-order valence-electron chi connectivity index (χ1n) is 12.1. The van der Waals surface area contributed by atoms with Gasteiger partial charge >= 0.3 is 0 Å². The van der Waals surface area contributed by atoms with E-state index in [1.54, 1.807) is 0 Å². The largest absolute Gasteiger partial charge is 0.390 e. The highest BCUT2D eigenvalue weighted by Crippen LogP contribution is 2.27. The fourth-order valence-corrected chi connectivity index (χ4v) is 4.27. The van der Waals surface area contributed by atoms with E-state index in [9.17, 15) is 49.9 Å². The van der Waals surface area contributed by atoms with Crippen molar-refractivity contribution in [3.8, 4) is 0 Å². The summed E-state index contributed by atoms with van der Waals surface area (Å²) in [5, 5.41) is 51.7. The summed E-state index contributed by atoms with van der Waals surface area (Å²) in [5.41, 5.74) is 5.34. The standard InChI is InChI=1S/C21H36N4O13/c1-36-17-9-6-14(20(30)19(17)21(22)31)23-18(29)10-8-16(28)15(27)7-5-12(26)3-2-4-13(38-25(34)35)11-37-24(32)33/h13-17,19-20,27-28,30H,2-11H2,1H3,(H2,22,31)(H,23,29). The molecule has 0 aromatic heterocycles. The Morgan fingerprint density at radius 3 is 2.21 bits per heavy atom. The summed E-state index contributed by atoms with van der Waals surface area (Å²) in [6.45, 7) is -0.667. The van der Waals surface area contributed by atoms with E-state index >= 15 is 0 Å². The molecule has 38 heavy (non-hydrogen) atoms. The number of hydrogen-bond acceptors (Lipinski definition) is 13. The molecule has 7 unspecified atom stereocenters. The highest BCUT2D eigenvalue weighted by molar-refractivity contribution is 5.79. The van der Waals surface area contributed by atoms with Crippen LogP contribution < -0.4 is 11.1 Å². The molecule has 17 nitrogen and oxygen atoms in total. The van der Waals surface area contributed by atoms with Crippen LogP contribution in [0.3, 0.4) is 0 Å². The molecule has 0 aliphatic heterocycles. The van der Waals surface area contributed by atoms with Crippen LogP contribution in [-0.4, -0.2) is 93.4 Å².